The Kier molecular flexibility index (Phi) is 5.21. The molecule has 0 radical (unpaired) electrons. The van der Waals surface area contributed by atoms with Crippen molar-refractivity contribution in [1.29, 1.82) is 0 Å². The first kappa shape index (κ1) is 17.1. The van der Waals surface area contributed by atoms with Gasteiger partial charge < -0.3 is 9.64 Å². The molecule has 0 N–H and O–H groups in total. The molecule has 1 heterocycles. The molecular formula is C22H26N2O2. The molecule has 0 saturated carbocycles. The summed E-state index contributed by atoms with van der Waals surface area (Å²) in [7, 11) is 0. The number of hydrogen-bond donors (Lipinski definition) is 0. The maximum absolute atomic E-state index is 12.5. The third-order valence-electron chi connectivity index (χ3n) is 5.41. The number of rotatable bonds is 5. The van der Waals surface area contributed by atoms with Crippen LogP contribution in [0.1, 0.15) is 23.1 Å². The van der Waals surface area contributed by atoms with Crippen molar-refractivity contribution < 1.29 is 9.53 Å². The van der Waals surface area contributed by atoms with Crippen LogP contribution in [0.15, 0.2) is 48.5 Å². The molecule has 1 aliphatic carbocycles. The van der Waals surface area contributed by atoms with Gasteiger partial charge in [0, 0.05) is 32.7 Å². The average molecular weight is 350 g/mol. The highest BCUT2D eigenvalue weighted by molar-refractivity contribution is 5.77. The van der Waals surface area contributed by atoms with E-state index in [9.17, 15) is 4.79 Å². The zero-order valence-corrected chi connectivity index (χ0v) is 15.2. The van der Waals surface area contributed by atoms with Crippen molar-refractivity contribution in [3.63, 3.8) is 0 Å². The smallest absolute Gasteiger partial charge is 0.260 e. The van der Waals surface area contributed by atoms with Crippen LogP contribution >= 0.6 is 0 Å². The van der Waals surface area contributed by atoms with Gasteiger partial charge >= 0.3 is 0 Å². The van der Waals surface area contributed by atoms with Crippen LogP contribution in [0.4, 0.5) is 0 Å². The van der Waals surface area contributed by atoms with Gasteiger partial charge in [-0.15, -0.1) is 0 Å². The van der Waals surface area contributed by atoms with Crippen LogP contribution in [-0.4, -0.2) is 48.5 Å². The molecule has 0 spiro atoms. The van der Waals surface area contributed by atoms with E-state index in [-0.39, 0.29) is 12.5 Å². The summed E-state index contributed by atoms with van der Waals surface area (Å²) in [6.07, 6.45) is 3.52. The lowest BCUT2D eigenvalue weighted by Crippen LogP contribution is -2.49. The van der Waals surface area contributed by atoms with Crippen LogP contribution in [0.2, 0.25) is 0 Å². The number of nitrogens with zero attached hydrogens (tertiary/aromatic N) is 2. The normalized spacial score (nSPS) is 17.2. The summed E-state index contributed by atoms with van der Waals surface area (Å²) in [5.41, 5.74) is 4.13. The van der Waals surface area contributed by atoms with E-state index < -0.39 is 0 Å². The van der Waals surface area contributed by atoms with Gasteiger partial charge in [0.2, 0.25) is 0 Å². The number of hydrogen-bond acceptors (Lipinski definition) is 3. The fourth-order valence-corrected chi connectivity index (χ4v) is 3.87. The molecule has 1 aliphatic heterocycles. The van der Waals surface area contributed by atoms with Crippen molar-refractivity contribution in [1.82, 2.24) is 9.80 Å². The number of aryl methyl sites for hydroxylation is 2. The summed E-state index contributed by atoms with van der Waals surface area (Å²) < 4.78 is 5.76. The van der Waals surface area contributed by atoms with Crippen LogP contribution in [0.3, 0.4) is 0 Å². The summed E-state index contributed by atoms with van der Waals surface area (Å²) in [4.78, 5) is 16.8. The second-order valence-electron chi connectivity index (χ2n) is 7.22. The number of carbonyl (C=O) groups excluding carboxylic acids is 1. The number of ether oxygens (including phenoxy) is 1. The number of carbonyl (C=O) groups is 1. The van der Waals surface area contributed by atoms with Crippen molar-refractivity contribution in [2.24, 2.45) is 0 Å². The Bertz CT molecular complexity index is 752. The highest BCUT2D eigenvalue weighted by atomic mass is 16.5. The number of fused-ring (bicyclic) bond motifs is 1. The fraction of sp³-hybridized carbons (Fsp3) is 0.409. The van der Waals surface area contributed by atoms with Gasteiger partial charge in [-0.25, -0.2) is 0 Å². The van der Waals surface area contributed by atoms with E-state index in [0.29, 0.717) is 0 Å². The quantitative estimate of drug-likeness (QED) is 0.831. The van der Waals surface area contributed by atoms with Gasteiger partial charge in [-0.2, -0.15) is 0 Å². The maximum Gasteiger partial charge on any atom is 0.260 e. The Morgan fingerprint density at radius 1 is 0.923 bits per heavy atom. The number of piperazine rings is 1. The molecule has 1 amide bonds. The van der Waals surface area contributed by atoms with E-state index >= 15 is 0 Å². The fourth-order valence-electron chi connectivity index (χ4n) is 3.87. The predicted molar refractivity (Wildman–Crippen MR) is 102 cm³/mol. The van der Waals surface area contributed by atoms with E-state index in [1.807, 2.05) is 17.0 Å². The Morgan fingerprint density at radius 2 is 1.69 bits per heavy atom. The molecule has 4 nitrogen and oxygen atoms in total. The molecule has 4 heteroatoms. The lowest BCUT2D eigenvalue weighted by molar-refractivity contribution is -0.135. The third-order valence-corrected chi connectivity index (χ3v) is 5.41. The van der Waals surface area contributed by atoms with E-state index in [1.165, 1.54) is 29.5 Å². The molecule has 2 aromatic carbocycles. The van der Waals surface area contributed by atoms with Gasteiger partial charge in [0.05, 0.1) is 0 Å². The highest BCUT2D eigenvalue weighted by Crippen LogP contribution is 2.26. The topological polar surface area (TPSA) is 32.8 Å². The summed E-state index contributed by atoms with van der Waals surface area (Å²) in [6.45, 7) is 4.48. The summed E-state index contributed by atoms with van der Waals surface area (Å²) in [6, 6.07) is 16.7. The molecule has 0 aromatic heterocycles. The van der Waals surface area contributed by atoms with E-state index in [2.05, 4.69) is 41.3 Å². The monoisotopic (exact) mass is 350 g/mol. The minimum Gasteiger partial charge on any atom is -0.484 e. The summed E-state index contributed by atoms with van der Waals surface area (Å²) in [5, 5.41) is 0. The largest absolute Gasteiger partial charge is 0.484 e. The van der Waals surface area contributed by atoms with Crippen LogP contribution < -0.4 is 4.74 Å². The number of benzene rings is 2. The Labute approximate surface area is 155 Å². The van der Waals surface area contributed by atoms with E-state index in [1.54, 1.807) is 0 Å². The minimum absolute atomic E-state index is 0.0878. The SMILES string of the molecule is O=C(COc1ccc2c(c1)CCC2)N1CCN(Cc2ccccc2)CC1. The minimum atomic E-state index is 0.0878. The molecule has 0 unspecified atom stereocenters. The molecule has 1 saturated heterocycles. The molecule has 26 heavy (non-hydrogen) atoms. The summed E-state index contributed by atoms with van der Waals surface area (Å²) in [5.74, 6) is 0.909. The van der Waals surface area contributed by atoms with Gasteiger partial charge in [0.25, 0.3) is 5.91 Å². The van der Waals surface area contributed by atoms with Gasteiger partial charge in [-0.05, 0) is 48.1 Å². The second kappa shape index (κ2) is 7.92. The van der Waals surface area contributed by atoms with E-state index in [0.717, 1.165) is 44.9 Å². The Balaban J connectivity index is 1.23. The van der Waals surface area contributed by atoms with E-state index in [4.69, 9.17) is 4.74 Å². The molecular weight excluding hydrogens is 324 g/mol. The van der Waals surface area contributed by atoms with Gasteiger partial charge in [0.1, 0.15) is 5.75 Å². The third kappa shape index (κ3) is 4.07. The lowest BCUT2D eigenvalue weighted by atomic mass is 10.1. The Morgan fingerprint density at radius 3 is 2.50 bits per heavy atom. The highest BCUT2D eigenvalue weighted by Gasteiger charge is 2.21. The summed E-state index contributed by atoms with van der Waals surface area (Å²) >= 11 is 0. The molecule has 0 atom stereocenters. The lowest BCUT2D eigenvalue weighted by Gasteiger charge is -2.34. The van der Waals surface area contributed by atoms with Crippen LogP contribution in [0.25, 0.3) is 0 Å². The van der Waals surface area contributed by atoms with Crippen molar-refractivity contribution in [2.75, 3.05) is 32.8 Å². The van der Waals surface area contributed by atoms with Gasteiger partial charge in [-0.3, -0.25) is 9.69 Å². The molecule has 4 rings (SSSR count). The average Bonchev–Trinajstić information content (AvgIpc) is 3.15. The van der Waals surface area contributed by atoms with Crippen molar-refractivity contribution >= 4 is 5.91 Å². The van der Waals surface area contributed by atoms with Crippen molar-refractivity contribution in [3.05, 3.63) is 65.2 Å². The van der Waals surface area contributed by atoms with Gasteiger partial charge in [-0.1, -0.05) is 36.4 Å². The van der Waals surface area contributed by atoms with Crippen molar-refractivity contribution in [2.45, 2.75) is 25.8 Å². The zero-order valence-electron chi connectivity index (χ0n) is 15.2. The standard InChI is InChI=1S/C22H26N2O2/c25-22(17-26-21-10-9-19-7-4-8-20(19)15-21)24-13-11-23(12-14-24)16-18-5-2-1-3-6-18/h1-3,5-6,9-10,15H,4,7-8,11-14,16-17H2. The molecule has 1 fully saturated rings. The molecule has 2 aromatic rings. The first-order valence-electron chi connectivity index (χ1n) is 9.56. The van der Waals surface area contributed by atoms with Crippen LogP contribution in [0, 0.1) is 0 Å². The second-order valence-corrected chi connectivity index (χ2v) is 7.22. The van der Waals surface area contributed by atoms with Crippen molar-refractivity contribution in [3.8, 4) is 5.75 Å². The predicted octanol–water partition coefficient (Wildman–Crippen LogP) is 2.90. The zero-order chi connectivity index (χ0) is 17.8. The number of amides is 1. The first-order valence-corrected chi connectivity index (χ1v) is 9.56. The molecule has 2 aliphatic rings. The van der Waals surface area contributed by atoms with Crippen LogP contribution in [0.5, 0.6) is 5.75 Å². The maximum atomic E-state index is 12.5. The molecule has 0 bridgehead atoms. The first-order chi connectivity index (χ1) is 12.8. The molecule has 136 valence electrons. The Hall–Kier alpha value is -2.33. The van der Waals surface area contributed by atoms with Gasteiger partial charge in [0.15, 0.2) is 6.61 Å². The van der Waals surface area contributed by atoms with Crippen LogP contribution in [-0.2, 0) is 24.2 Å².